The molecule has 1 fully saturated rings. The van der Waals surface area contributed by atoms with Gasteiger partial charge < -0.3 is 10.2 Å². The Morgan fingerprint density at radius 1 is 1.22 bits per heavy atom. The van der Waals surface area contributed by atoms with Gasteiger partial charge in [0.25, 0.3) is 5.56 Å². The Morgan fingerprint density at radius 3 is 2.66 bits per heavy atom. The molecule has 168 valence electrons. The summed E-state index contributed by atoms with van der Waals surface area (Å²) in [6.45, 7) is 8.60. The Bertz CT molecular complexity index is 1180. The van der Waals surface area contributed by atoms with Crippen LogP contribution in [-0.4, -0.2) is 51.1 Å². The van der Waals surface area contributed by atoms with Crippen molar-refractivity contribution in [3.05, 3.63) is 69.7 Å². The van der Waals surface area contributed by atoms with Gasteiger partial charge in [0.15, 0.2) is 0 Å². The molecule has 1 aliphatic rings. The fourth-order valence-corrected chi connectivity index (χ4v) is 4.53. The fraction of sp³-hybridized carbons (Fsp3) is 0.375. The summed E-state index contributed by atoms with van der Waals surface area (Å²) in [5, 5.41) is 4.03. The molecule has 2 unspecified atom stereocenters. The Labute approximate surface area is 192 Å². The fourth-order valence-electron chi connectivity index (χ4n) is 4.35. The van der Waals surface area contributed by atoms with Crippen LogP contribution in [0.4, 0.5) is 10.5 Å². The molecule has 32 heavy (non-hydrogen) atoms. The largest absolute Gasteiger partial charge is 0.322 e. The van der Waals surface area contributed by atoms with Gasteiger partial charge in [0.2, 0.25) is 0 Å². The van der Waals surface area contributed by atoms with E-state index in [4.69, 9.17) is 16.6 Å². The van der Waals surface area contributed by atoms with Gasteiger partial charge in [-0.1, -0.05) is 29.8 Å². The van der Waals surface area contributed by atoms with Gasteiger partial charge in [0.1, 0.15) is 5.82 Å². The second-order valence-electron chi connectivity index (χ2n) is 8.19. The smallest absolute Gasteiger partial charge is 0.319 e. The van der Waals surface area contributed by atoms with Crippen LogP contribution >= 0.6 is 11.6 Å². The number of para-hydroxylation sites is 1. The number of urea groups is 1. The van der Waals surface area contributed by atoms with Crippen molar-refractivity contribution in [1.82, 2.24) is 19.4 Å². The Kier molecular flexibility index (Phi) is 6.48. The third kappa shape index (κ3) is 4.36. The first kappa shape index (κ1) is 22.3. The average Bonchev–Trinajstić information content (AvgIpc) is 2.79. The zero-order chi connectivity index (χ0) is 22.8. The van der Waals surface area contributed by atoms with Crippen molar-refractivity contribution in [2.24, 2.45) is 0 Å². The Morgan fingerprint density at radius 2 is 1.97 bits per heavy atom. The SMILES string of the molecule is CCn1c(C(C)N2CCN(C(=O)Nc3ccccc3)C(C)C2)nc2ccc(Cl)cc2c1=O. The number of carbonyl (C=O) groups is 1. The number of hydrogen-bond donors (Lipinski definition) is 1. The van der Waals surface area contributed by atoms with Crippen molar-refractivity contribution >= 4 is 34.2 Å². The number of hydrogen-bond acceptors (Lipinski definition) is 4. The Balaban J connectivity index is 1.53. The summed E-state index contributed by atoms with van der Waals surface area (Å²) in [6.07, 6.45) is 0. The molecule has 2 aromatic carbocycles. The van der Waals surface area contributed by atoms with Crippen LogP contribution in [-0.2, 0) is 6.54 Å². The maximum atomic E-state index is 13.1. The van der Waals surface area contributed by atoms with Crippen molar-refractivity contribution in [1.29, 1.82) is 0 Å². The number of piperazine rings is 1. The van der Waals surface area contributed by atoms with E-state index in [1.165, 1.54) is 0 Å². The third-order valence-electron chi connectivity index (χ3n) is 6.13. The summed E-state index contributed by atoms with van der Waals surface area (Å²) in [5.41, 5.74) is 1.36. The maximum absolute atomic E-state index is 13.1. The number of carbonyl (C=O) groups excluding carboxylic acids is 1. The molecular formula is C24H28ClN5O2. The average molecular weight is 454 g/mol. The van der Waals surface area contributed by atoms with Gasteiger partial charge in [-0.05, 0) is 51.1 Å². The first-order valence-electron chi connectivity index (χ1n) is 11.0. The van der Waals surface area contributed by atoms with Crippen LogP contribution in [0.25, 0.3) is 10.9 Å². The summed E-state index contributed by atoms with van der Waals surface area (Å²) in [5.74, 6) is 0.738. The molecule has 1 saturated heterocycles. The molecule has 0 aliphatic carbocycles. The van der Waals surface area contributed by atoms with Crippen molar-refractivity contribution in [3.8, 4) is 0 Å². The molecule has 0 bridgehead atoms. The minimum atomic E-state index is -0.0952. The molecule has 1 aromatic heterocycles. The van der Waals surface area contributed by atoms with Crippen molar-refractivity contribution in [2.75, 3.05) is 25.0 Å². The molecule has 2 heterocycles. The Hall–Kier alpha value is -2.90. The van der Waals surface area contributed by atoms with Crippen LogP contribution in [0.5, 0.6) is 0 Å². The van der Waals surface area contributed by atoms with Gasteiger partial charge in [-0.15, -0.1) is 0 Å². The minimum Gasteiger partial charge on any atom is -0.319 e. The number of anilines is 1. The number of amides is 2. The van der Waals surface area contributed by atoms with Crippen LogP contribution in [0.1, 0.15) is 32.6 Å². The number of benzene rings is 2. The first-order chi connectivity index (χ1) is 15.4. The summed E-state index contributed by atoms with van der Waals surface area (Å²) in [4.78, 5) is 34.8. The number of aromatic nitrogens is 2. The highest BCUT2D eigenvalue weighted by atomic mass is 35.5. The predicted molar refractivity (Wildman–Crippen MR) is 128 cm³/mol. The first-order valence-corrected chi connectivity index (χ1v) is 11.3. The van der Waals surface area contributed by atoms with E-state index in [1.54, 1.807) is 22.8 Å². The number of nitrogens with one attached hydrogen (secondary N) is 1. The number of rotatable bonds is 4. The van der Waals surface area contributed by atoms with E-state index < -0.39 is 0 Å². The molecule has 4 rings (SSSR count). The number of nitrogens with zero attached hydrogens (tertiary/aromatic N) is 4. The van der Waals surface area contributed by atoms with Gasteiger partial charge >= 0.3 is 6.03 Å². The molecule has 3 aromatic rings. The molecule has 2 amide bonds. The van der Waals surface area contributed by atoms with E-state index in [0.29, 0.717) is 42.1 Å². The van der Waals surface area contributed by atoms with Crippen molar-refractivity contribution < 1.29 is 4.79 Å². The van der Waals surface area contributed by atoms with Crippen LogP contribution in [0.3, 0.4) is 0 Å². The molecule has 8 heteroatoms. The van der Waals surface area contributed by atoms with E-state index in [2.05, 4.69) is 17.1 Å². The van der Waals surface area contributed by atoms with E-state index in [1.807, 2.05) is 49.1 Å². The van der Waals surface area contributed by atoms with Crippen LogP contribution < -0.4 is 10.9 Å². The lowest BCUT2D eigenvalue weighted by molar-refractivity contribution is 0.0793. The lowest BCUT2D eigenvalue weighted by Gasteiger charge is -2.42. The molecular weight excluding hydrogens is 426 g/mol. The second-order valence-corrected chi connectivity index (χ2v) is 8.63. The molecule has 7 nitrogen and oxygen atoms in total. The zero-order valence-corrected chi connectivity index (χ0v) is 19.3. The highest BCUT2D eigenvalue weighted by Crippen LogP contribution is 2.24. The van der Waals surface area contributed by atoms with Crippen LogP contribution in [0.2, 0.25) is 5.02 Å². The summed E-state index contributed by atoms with van der Waals surface area (Å²) < 4.78 is 1.72. The highest BCUT2D eigenvalue weighted by Gasteiger charge is 2.31. The van der Waals surface area contributed by atoms with Crippen molar-refractivity contribution in [3.63, 3.8) is 0 Å². The molecule has 0 spiro atoms. The second kappa shape index (κ2) is 9.30. The number of halogens is 1. The monoisotopic (exact) mass is 453 g/mol. The summed E-state index contributed by atoms with van der Waals surface area (Å²) >= 11 is 6.10. The molecule has 1 N–H and O–H groups in total. The molecule has 0 saturated carbocycles. The van der Waals surface area contributed by atoms with Gasteiger partial charge in [0, 0.05) is 42.9 Å². The molecule has 0 radical (unpaired) electrons. The van der Waals surface area contributed by atoms with Gasteiger partial charge in [0.05, 0.1) is 16.9 Å². The van der Waals surface area contributed by atoms with E-state index in [0.717, 1.165) is 11.5 Å². The standard InChI is InChI=1S/C24H28ClN5O2/c1-4-29-22(27-21-11-10-18(25)14-20(21)23(29)31)17(3)28-12-13-30(16(2)15-28)24(32)26-19-8-6-5-7-9-19/h5-11,14,16-17H,4,12-13,15H2,1-3H3,(H,26,32). The van der Waals surface area contributed by atoms with E-state index in [-0.39, 0.29) is 23.7 Å². The lowest BCUT2D eigenvalue weighted by Crippen LogP contribution is -2.55. The highest BCUT2D eigenvalue weighted by molar-refractivity contribution is 6.31. The van der Waals surface area contributed by atoms with Gasteiger partial charge in [-0.2, -0.15) is 0 Å². The van der Waals surface area contributed by atoms with Crippen LogP contribution in [0.15, 0.2) is 53.3 Å². The quantitative estimate of drug-likeness (QED) is 0.636. The normalized spacial score (nSPS) is 18.0. The van der Waals surface area contributed by atoms with E-state index in [9.17, 15) is 9.59 Å². The van der Waals surface area contributed by atoms with Crippen molar-refractivity contribution in [2.45, 2.75) is 39.4 Å². The van der Waals surface area contributed by atoms with E-state index >= 15 is 0 Å². The predicted octanol–water partition coefficient (Wildman–Crippen LogP) is 4.37. The summed E-state index contributed by atoms with van der Waals surface area (Å²) in [7, 11) is 0. The summed E-state index contributed by atoms with van der Waals surface area (Å²) in [6, 6.07) is 14.6. The van der Waals surface area contributed by atoms with Crippen LogP contribution in [0, 0.1) is 0 Å². The minimum absolute atomic E-state index is 0.0240. The third-order valence-corrected chi connectivity index (χ3v) is 6.36. The number of fused-ring (bicyclic) bond motifs is 1. The van der Waals surface area contributed by atoms with Gasteiger partial charge in [-0.25, -0.2) is 9.78 Å². The van der Waals surface area contributed by atoms with Gasteiger partial charge in [-0.3, -0.25) is 14.3 Å². The molecule has 1 aliphatic heterocycles. The molecule has 2 atom stereocenters. The topological polar surface area (TPSA) is 70.5 Å². The lowest BCUT2D eigenvalue weighted by atomic mass is 10.1. The maximum Gasteiger partial charge on any atom is 0.322 e. The zero-order valence-electron chi connectivity index (χ0n) is 18.6.